The van der Waals surface area contributed by atoms with Gasteiger partial charge in [-0.05, 0) is 36.0 Å². The van der Waals surface area contributed by atoms with E-state index in [1.807, 2.05) is 19.4 Å². The third-order valence-electron chi connectivity index (χ3n) is 3.72. The van der Waals surface area contributed by atoms with E-state index < -0.39 is 0 Å². The number of benzene rings is 1. The molecule has 0 spiro atoms. The number of aryl methyl sites for hydroxylation is 2. The number of aromatic nitrogens is 2. The number of rotatable bonds is 3. The Labute approximate surface area is 118 Å². The van der Waals surface area contributed by atoms with Gasteiger partial charge < -0.3 is 4.90 Å². The van der Waals surface area contributed by atoms with Crippen LogP contribution in [0.1, 0.15) is 17.5 Å². The summed E-state index contributed by atoms with van der Waals surface area (Å²) in [6, 6.07) is 8.69. The van der Waals surface area contributed by atoms with Crippen LogP contribution in [0.15, 0.2) is 30.6 Å². The molecule has 0 saturated heterocycles. The number of hydrogen-bond acceptors (Lipinski definition) is 4. The van der Waals surface area contributed by atoms with E-state index in [1.165, 1.54) is 36.0 Å². The van der Waals surface area contributed by atoms with Crippen molar-refractivity contribution in [2.45, 2.75) is 19.3 Å². The standard InChI is InChI=1S/C16H16N4/c1-20(8-7-17)16-18-10-15(11-19-16)14-6-5-12-3-2-4-13(12)9-14/h5-6,9-11H,2-4,8H2,1H3. The van der Waals surface area contributed by atoms with E-state index in [0.717, 1.165) is 5.56 Å². The lowest BCUT2D eigenvalue weighted by molar-refractivity contribution is 0.912. The van der Waals surface area contributed by atoms with Gasteiger partial charge in [-0.15, -0.1) is 0 Å². The molecule has 1 aromatic carbocycles. The minimum atomic E-state index is 0.290. The van der Waals surface area contributed by atoms with Crippen molar-refractivity contribution in [1.29, 1.82) is 5.26 Å². The SMILES string of the molecule is CN(CC#N)c1ncc(-c2ccc3c(c2)CCC3)cn1. The molecule has 0 atom stereocenters. The van der Waals surface area contributed by atoms with Crippen LogP contribution in [0.5, 0.6) is 0 Å². The fourth-order valence-electron chi connectivity index (χ4n) is 2.60. The predicted molar refractivity (Wildman–Crippen MR) is 78.4 cm³/mol. The van der Waals surface area contributed by atoms with E-state index >= 15 is 0 Å². The van der Waals surface area contributed by atoms with Crippen LogP contribution in [0.4, 0.5) is 5.95 Å². The summed E-state index contributed by atoms with van der Waals surface area (Å²) in [6.45, 7) is 0.290. The predicted octanol–water partition coefficient (Wildman–Crippen LogP) is 2.59. The lowest BCUT2D eigenvalue weighted by Gasteiger charge is -2.12. The van der Waals surface area contributed by atoms with Gasteiger partial charge in [-0.1, -0.05) is 18.2 Å². The van der Waals surface area contributed by atoms with Crippen molar-refractivity contribution in [1.82, 2.24) is 9.97 Å². The molecule has 100 valence electrons. The minimum Gasteiger partial charge on any atom is -0.331 e. The van der Waals surface area contributed by atoms with Gasteiger partial charge in [-0.3, -0.25) is 0 Å². The smallest absolute Gasteiger partial charge is 0.225 e. The van der Waals surface area contributed by atoms with Crippen molar-refractivity contribution in [3.63, 3.8) is 0 Å². The van der Waals surface area contributed by atoms with Crippen LogP contribution in [-0.4, -0.2) is 23.6 Å². The molecule has 0 unspecified atom stereocenters. The van der Waals surface area contributed by atoms with Crippen molar-refractivity contribution in [3.05, 3.63) is 41.7 Å². The second-order valence-electron chi connectivity index (χ2n) is 5.12. The van der Waals surface area contributed by atoms with Crippen molar-refractivity contribution in [2.24, 2.45) is 0 Å². The molecule has 0 saturated carbocycles. The van der Waals surface area contributed by atoms with E-state index in [1.54, 1.807) is 4.90 Å². The third kappa shape index (κ3) is 2.35. The number of hydrogen-bond donors (Lipinski definition) is 0. The van der Waals surface area contributed by atoms with E-state index in [0.29, 0.717) is 5.95 Å². The van der Waals surface area contributed by atoms with Crippen LogP contribution < -0.4 is 4.90 Å². The van der Waals surface area contributed by atoms with Gasteiger partial charge in [0.05, 0.1) is 6.07 Å². The monoisotopic (exact) mass is 264 g/mol. The van der Waals surface area contributed by atoms with E-state index in [4.69, 9.17) is 5.26 Å². The molecule has 0 fully saturated rings. The van der Waals surface area contributed by atoms with Gasteiger partial charge in [-0.25, -0.2) is 9.97 Å². The third-order valence-corrected chi connectivity index (χ3v) is 3.72. The average molecular weight is 264 g/mol. The Morgan fingerprint density at radius 2 is 1.90 bits per heavy atom. The minimum absolute atomic E-state index is 0.290. The van der Waals surface area contributed by atoms with Crippen LogP contribution in [0.3, 0.4) is 0 Å². The van der Waals surface area contributed by atoms with Crippen molar-refractivity contribution in [3.8, 4) is 17.2 Å². The first-order chi connectivity index (χ1) is 9.78. The normalized spacial score (nSPS) is 12.8. The highest BCUT2D eigenvalue weighted by molar-refractivity contribution is 5.64. The Balaban J connectivity index is 1.86. The zero-order chi connectivity index (χ0) is 13.9. The van der Waals surface area contributed by atoms with Crippen LogP contribution in [0.2, 0.25) is 0 Å². The van der Waals surface area contributed by atoms with Gasteiger partial charge >= 0.3 is 0 Å². The molecule has 1 heterocycles. The quantitative estimate of drug-likeness (QED) is 0.800. The van der Waals surface area contributed by atoms with Gasteiger partial charge in [0.1, 0.15) is 6.54 Å². The van der Waals surface area contributed by atoms with Crippen molar-refractivity contribution < 1.29 is 0 Å². The number of fused-ring (bicyclic) bond motifs is 1. The molecule has 0 aliphatic heterocycles. The summed E-state index contributed by atoms with van der Waals surface area (Å²) in [7, 11) is 1.81. The summed E-state index contributed by atoms with van der Waals surface area (Å²) in [5.74, 6) is 0.580. The maximum absolute atomic E-state index is 8.67. The molecular formula is C16H16N4. The van der Waals surface area contributed by atoms with Crippen molar-refractivity contribution in [2.75, 3.05) is 18.5 Å². The van der Waals surface area contributed by atoms with Crippen LogP contribution >= 0.6 is 0 Å². The van der Waals surface area contributed by atoms with Crippen LogP contribution in [-0.2, 0) is 12.8 Å². The van der Waals surface area contributed by atoms with Crippen LogP contribution in [0.25, 0.3) is 11.1 Å². The molecule has 4 heteroatoms. The molecule has 1 aliphatic rings. The summed E-state index contributed by atoms with van der Waals surface area (Å²) in [5, 5.41) is 8.67. The second kappa shape index (κ2) is 5.30. The molecule has 0 radical (unpaired) electrons. The second-order valence-corrected chi connectivity index (χ2v) is 5.12. The number of nitrogens with zero attached hydrogens (tertiary/aromatic N) is 4. The van der Waals surface area contributed by atoms with Crippen LogP contribution in [0, 0.1) is 11.3 Å². The summed E-state index contributed by atoms with van der Waals surface area (Å²) in [6.07, 6.45) is 7.28. The Bertz CT molecular complexity index is 655. The Morgan fingerprint density at radius 1 is 1.15 bits per heavy atom. The first-order valence-corrected chi connectivity index (χ1v) is 6.80. The molecule has 3 rings (SSSR count). The Morgan fingerprint density at radius 3 is 2.65 bits per heavy atom. The Hall–Kier alpha value is -2.41. The molecule has 20 heavy (non-hydrogen) atoms. The fraction of sp³-hybridized carbons (Fsp3) is 0.312. The van der Waals surface area contributed by atoms with Gasteiger partial charge in [0, 0.05) is 25.0 Å². The van der Waals surface area contributed by atoms with Gasteiger partial charge in [0.15, 0.2) is 0 Å². The molecule has 4 nitrogen and oxygen atoms in total. The highest BCUT2D eigenvalue weighted by Crippen LogP contribution is 2.27. The van der Waals surface area contributed by atoms with E-state index in [2.05, 4.69) is 34.2 Å². The summed E-state index contributed by atoms with van der Waals surface area (Å²) in [5.41, 5.74) is 5.11. The lowest BCUT2D eigenvalue weighted by atomic mass is 10.0. The maximum atomic E-state index is 8.67. The number of anilines is 1. The molecule has 0 amide bonds. The maximum Gasteiger partial charge on any atom is 0.225 e. The van der Waals surface area contributed by atoms with Gasteiger partial charge in [0.25, 0.3) is 0 Å². The summed E-state index contributed by atoms with van der Waals surface area (Å²) in [4.78, 5) is 10.4. The Kier molecular flexibility index (Phi) is 3.34. The summed E-state index contributed by atoms with van der Waals surface area (Å²) >= 11 is 0. The number of nitriles is 1. The molecule has 0 N–H and O–H groups in total. The zero-order valence-electron chi connectivity index (χ0n) is 11.5. The first-order valence-electron chi connectivity index (χ1n) is 6.80. The van der Waals surface area contributed by atoms with Crippen molar-refractivity contribution >= 4 is 5.95 Å². The van der Waals surface area contributed by atoms with E-state index in [9.17, 15) is 0 Å². The zero-order valence-corrected chi connectivity index (χ0v) is 11.5. The van der Waals surface area contributed by atoms with Gasteiger partial charge in [-0.2, -0.15) is 5.26 Å². The topological polar surface area (TPSA) is 52.8 Å². The van der Waals surface area contributed by atoms with Gasteiger partial charge in [0.2, 0.25) is 5.95 Å². The molecule has 2 aromatic rings. The first kappa shape index (κ1) is 12.6. The fourth-order valence-corrected chi connectivity index (χ4v) is 2.60. The largest absolute Gasteiger partial charge is 0.331 e. The molecule has 0 bridgehead atoms. The molecule has 1 aromatic heterocycles. The molecular weight excluding hydrogens is 248 g/mol. The molecule has 1 aliphatic carbocycles. The highest BCUT2D eigenvalue weighted by atomic mass is 15.2. The lowest BCUT2D eigenvalue weighted by Crippen LogP contribution is -2.19. The average Bonchev–Trinajstić information content (AvgIpc) is 2.95. The summed E-state index contributed by atoms with van der Waals surface area (Å²) < 4.78 is 0. The highest BCUT2D eigenvalue weighted by Gasteiger charge is 2.12. The van der Waals surface area contributed by atoms with E-state index in [-0.39, 0.29) is 6.54 Å².